The Hall–Kier alpha value is -0.750. The number of carbonyl (C=O) groups excluding carboxylic acids is 1. The summed E-state index contributed by atoms with van der Waals surface area (Å²) in [5.41, 5.74) is 0. The van der Waals surface area contributed by atoms with E-state index in [9.17, 15) is 4.79 Å². The van der Waals surface area contributed by atoms with Gasteiger partial charge < -0.3 is 14.7 Å². The minimum absolute atomic E-state index is 0.0315. The third kappa shape index (κ3) is 5.51. The molecule has 0 aliphatic carbocycles. The molecule has 1 amide bonds. The van der Waals surface area contributed by atoms with Gasteiger partial charge in [0, 0.05) is 29.4 Å². The van der Waals surface area contributed by atoms with Crippen LogP contribution in [0.15, 0.2) is 29.2 Å². The lowest BCUT2D eigenvalue weighted by Gasteiger charge is -2.32. The molecule has 0 spiro atoms. The van der Waals surface area contributed by atoms with Crippen molar-refractivity contribution in [3.05, 3.63) is 29.3 Å². The van der Waals surface area contributed by atoms with E-state index >= 15 is 0 Å². The van der Waals surface area contributed by atoms with Crippen molar-refractivity contribution < 1.29 is 14.6 Å². The lowest BCUT2D eigenvalue weighted by Crippen LogP contribution is -2.46. The average Bonchev–Trinajstić information content (AvgIpc) is 2.53. The first kappa shape index (κ1) is 16.6. The van der Waals surface area contributed by atoms with Gasteiger partial charge in [-0.3, -0.25) is 4.79 Å². The Kier molecular flexibility index (Phi) is 6.83. The first-order valence-corrected chi connectivity index (χ1v) is 8.44. The monoisotopic (exact) mass is 329 g/mol. The Balaban J connectivity index is 1.66. The summed E-state index contributed by atoms with van der Waals surface area (Å²) in [5, 5.41) is 9.81. The Morgan fingerprint density at radius 1 is 1.43 bits per heavy atom. The zero-order valence-electron chi connectivity index (χ0n) is 11.8. The summed E-state index contributed by atoms with van der Waals surface area (Å²) in [5.74, 6) is 1.05. The van der Waals surface area contributed by atoms with Gasteiger partial charge >= 0.3 is 0 Å². The molecule has 1 atom stereocenters. The number of hydrogen-bond donors (Lipinski definition) is 1. The van der Waals surface area contributed by atoms with E-state index in [1.54, 1.807) is 16.7 Å². The van der Waals surface area contributed by atoms with Crippen LogP contribution in [-0.2, 0) is 9.53 Å². The molecule has 0 bridgehead atoms. The van der Waals surface area contributed by atoms with E-state index in [1.165, 1.54) is 4.90 Å². The second-order valence-corrected chi connectivity index (χ2v) is 6.53. The van der Waals surface area contributed by atoms with Gasteiger partial charge in [-0.2, -0.15) is 0 Å². The molecule has 21 heavy (non-hydrogen) atoms. The number of thioether (sulfide) groups is 1. The smallest absolute Gasteiger partial charge is 0.222 e. The molecule has 1 fully saturated rings. The fourth-order valence-electron chi connectivity index (χ4n) is 2.16. The van der Waals surface area contributed by atoms with Crippen molar-refractivity contribution in [2.24, 2.45) is 0 Å². The number of rotatable bonds is 6. The zero-order chi connectivity index (χ0) is 15.1. The molecule has 1 aromatic carbocycles. The van der Waals surface area contributed by atoms with E-state index in [1.807, 2.05) is 24.3 Å². The number of morpholine rings is 1. The fraction of sp³-hybridized carbons (Fsp3) is 0.533. The van der Waals surface area contributed by atoms with E-state index in [-0.39, 0.29) is 18.6 Å². The van der Waals surface area contributed by atoms with E-state index in [0.29, 0.717) is 26.1 Å². The van der Waals surface area contributed by atoms with Gasteiger partial charge in [0.05, 0.1) is 19.3 Å². The van der Waals surface area contributed by atoms with E-state index in [2.05, 4.69) is 0 Å². The highest BCUT2D eigenvalue weighted by Gasteiger charge is 2.23. The van der Waals surface area contributed by atoms with E-state index in [0.717, 1.165) is 17.2 Å². The van der Waals surface area contributed by atoms with Gasteiger partial charge in [-0.25, -0.2) is 0 Å². The van der Waals surface area contributed by atoms with Gasteiger partial charge in [0.2, 0.25) is 5.91 Å². The summed E-state index contributed by atoms with van der Waals surface area (Å²) in [6.07, 6.45) is 1.15. The number of aliphatic hydroxyl groups excluding tert-OH is 1. The topological polar surface area (TPSA) is 49.8 Å². The highest BCUT2D eigenvalue weighted by molar-refractivity contribution is 7.99. The summed E-state index contributed by atoms with van der Waals surface area (Å²) in [4.78, 5) is 15.0. The normalized spacial score (nSPS) is 18.8. The van der Waals surface area contributed by atoms with Crippen molar-refractivity contribution in [1.29, 1.82) is 0 Å². The lowest BCUT2D eigenvalue weighted by molar-refractivity contribution is -0.140. The van der Waals surface area contributed by atoms with Crippen molar-refractivity contribution in [2.45, 2.75) is 23.8 Å². The van der Waals surface area contributed by atoms with Gasteiger partial charge in [-0.15, -0.1) is 11.8 Å². The van der Waals surface area contributed by atoms with Crippen molar-refractivity contribution in [3.63, 3.8) is 0 Å². The molecule has 1 aromatic rings. The predicted molar refractivity (Wildman–Crippen MR) is 84.8 cm³/mol. The molecule has 1 aliphatic heterocycles. The molecule has 6 heteroatoms. The maximum Gasteiger partial charge on any atom is 0.222 e. The Bertz CT molecular complexity index is 455. The largest absolute Gasteiger partial charge is 0.394 e. The molecule has 1 N–H and O–H groups in total. The quantitative estimate of drug-likeness (QED) is 0.643. The number of hydrogen-bond acceptors (Lipinski definition) is 4. The maximum atomic E-state index is 12.1. The van der Waals surface area contributed by atoms with Crippen molar-refractivity contribution in [1.82, 2.24) is 4.90 Å². The predicted octanol–water partition coefficient (Wildman–Crippen LogP) is 2.43. The van der Waals surface area contributed by atoms with Crippen LogP contribution >= 0.6 is 23.4 Å². The van der Waals surface area contributed by atoms with Crippen molar-refractivity contribution >= 4 is 29.3 Å². The van der Waals surface area contributed by atoms with Crippen LogP contribution in [0.25, 0.3) is 0 Å². The summed E-state index contributed by atoms with van der Waals surface area (Å²) >= 11 is 7.57. The molecule has 4 nitrogen and oxygen atoms in total. The minimum atomic E-state index is -0.230. The van der Waals surface area contributed by atoms with E-state index in [4.69, 9.17) is 21.4 Å². The minimum Gasteiger partial charge on any atom is -0.394 e. The van der Waals surface area contributed by atoms with Gasteiger partial charge in [0.1, 0.15) is 0 Å². The Morgan fingerprint density at radius 2 is 2.19 bits per heavy atom. The standard InChI is InChI=1S/C15H20ClNO3S/c16-12-3-5-14(6-4-12)21-9-1-2-15(19)17-7-8-20-13(10-17)11-18/h3-6,13,18H,1-2,7-11H2. The number of benzene rings is 1. The second-order valence-electron chi connectivity index (χ2n) is 4.92. The number of ether oxygens (including phenoxy) is 1. The van der Waals surface area contributed by atoms with Crippen LogP contribution in [0.5, 0.6) is 0 Å². The molecule has 1 aliphatic rings. The van der Waals surface area contributed by atoms with Gasteiger partial charge in [-0.1, -0.05) is 11.6 Å². The number of carbonyl (C=O) groups is 1. The number of halogens is 1. The fourth-order valence-corrected chi connectivity index (χ4v) is 3.14. The third-order valence-electron chi connectivity index (χ3n) is 3.31. The van der Waals surface area contributed by atoms with Crippen LogP contribution in [0.1, 0.15) is 12.8 Å². The number of amides is 1. The van der Waals surface area contributed by atoms with Gasteiger partial charge in [0.15, 0.2) is 0 Å². The average molecular weight is 330 g/mol. The first-order chi connectivity index (χ1) is 10.2. The summed E-state index contributed by atoms with van der Waals surface area (Å²) in [6.45, 7) is 1.60. The SMILES string of the molecule is O=C(CCCSc1ccc(Cl)cc1)N1CCOC(CO)C1. The summed E-state index contributed by atoms with van der Waals surface area (Å²) in [6, 6.07) is 7.72. The maximum absolute atomic E-state index is 12.1. The molecule has 1 saturated heterocycles. The van der Waals surface area contributed by atoms with Crippen LogP contribution in [0.4, 0.5) is 0 Å². The molecule has 1 heterocycles. The van der Waals surface area contributed by atoms with Crippen LogP contribution in [0.2, 0.25) is 5.02 Å². The lowest BCUT2D eigenvalue weighted by atomic mass is 10.2. The van der Waals surface area contributed by atoms with Crippen molar-refractivity contribution in [2.75, 3.05) is 32.1 Å². The molecule has 0 aromatic heterocycles. The first-order valence-electron chi connectivity index (χ1n) is 7.07. The summed E-state index contributed by atoms with van der Waals surface area (Å²) < 4.78 is 5.34. The third-order valence-corrected chi connectivity index (χ3v) is 4.66. The van der Waals surface area contributed by atoms with Gasteiger partial charge in [0.25, 0.3) is 0 Å². The highest BCUT2D eigenvalue weighted by Crippen LogP contribution is 2.21. The Morgan fingerprint density at radius 3 is 2.90 bits per heavy atom. The second kappa shape index (κ2) is 8.63. The Labute approximate surface area is 134 Å². The zero-order valence-corrected chi connectivity index (χ0v) is 13.4. The molecule has 2 rings (SSSR count). The van der Waals surface area contributed by atoms with E-state index < -0.39 is 0 Å². The molecule has 116 valence electrons. The van der Waals surface area contributed by atoms with Crippen LogP contribution in [0.3, 0.4) is 0 Å². The number of nitrogens with zero attached hydrogens (tertiary/aromatic N) is 1. The molecular weight excluding hydrogens is 310 g/mol. The van der Waals surface area contributed by atoms with Crippen LogP contribution in [0, 0.1) is 0 Å². The molecule has 0 radical (unpaired) electrons. The van der Waals surface area contributed by atoms with Gasteiger partial charge in [-0.05, 0) is 36.4 Å². The van der Waals surface area contributed by atoms with Crippen molar-refractivity contribution in [3.8, 4) is 0 Å². The van der Waals surface area contributed by atoms with Crippen LogP contribution in [-0.4, -0.2) is 54.1 Å². The highest BCUT2D eigenvalue weighted by atomic mass is 35.5. The molecular formula is C15H20ClNO3S. The van der Waals surface area contributed by atoms with Crippen LogP contribution < -0.4 is 0 Å². The molecule has 1 unspecified atom stereocenters. The molecule has 0 saturated carbocycles. The summed E-state index contributed by atoms with van der Waals surface area (Å²) in [7, 11) is 0. The number of aliphatic hydroxyl groups is 1.